The van der Waals surface area contributed by atoms with Crippen LogP contribution in [0.2, 0.25) is 0 Å². The molecule has 0 saturated carbocycles. The van der Waals surface area contributed by atoms with Crippen molar-refractivity contribution in [2.75, 3.05) is 25.7 Å². The molecule has 0 N–H and O–H groups in total. The lowest BCUT2D eigenvalue weighted by atomic mass is 10.1. The highest BCUT2D eigenvalue weighted by Gasteiger charge is 2.38. The van der Waals surface area contributed by atoms with Gasteiger partial charge in [0.1, 0.15) is 0 Å². The van der Waals surface area contributed by atoms with Gasteiger partial charge < -0.3 is 9.47 Å². The van der Waals surface area contributed by atoms with Crippen LogP contribution < -0.4 is 4.90 Å². The normalized spacial score (nSPS) is 18.0. The van der Waals surface area contributed by atoms with Crippen molar-refractivity contribution in [2.24, 2.45) is 5.92 Å². The number of carbonyl (C=O) groups is 3. The van der Waals surface area contributed by atoms with Gasteiger partial charge in [-0.3, -0.25) is 14.5 Å². The van der Waals surface area contributed by atoms with E-state index >= 15 is 0 Å². The number of esters is 2. The Bertz CT molecular complexity index is 560. The highest BCUT2D eigenvalue weighted by Crippen LogP contribution is 2.26. The van der Waals surface area contributed by atoms with Crippen molar-refractivity contribution in [3.05, 3.63) is 18.1 Å². The van der Waals surface area contributed by atoms with Crippen molar-refractivity contribution in [3.63, 3.8) is 0 Å². The van der Waals surface area contributed by atoms with Gasteiger partial charge in [-0.1, -0.05) is 0 Å². The van der Waals surface area contributed by atoms with E-state index in [0.29, 0.717) is 0 Å². The molecule has 0 aliphatic carbocycles. The minimum Gasteiger partial charge on any atom is -0.469 e. The Morgan fingerprint density at radius 2 is 1.95 bits per heavy atom. The maximum Gasteiger partial charge on any atom is 0.360 e. The molecule has 106 valence electrons. The van der Waals surface area contributed by atoms with Crippen molar-refractivity contribution < 1.29 is 23.9 Å². The largest absolute Gasteiger partial charge is 0.469 e. The summed E-state index contributed by atoms with van der Waals surface area (Å²) in [6.07, 6.45) is 2.71. The molecule has 0 bridgehead atoms. The Labute approximate surface area is 114 Å². The topological polar surface area (TPSA) is 98.7 Å². The first-order chi connectivity index (χ1) is 9.58. The van der Waals surface area contributed by atoms with Crippen molar-refractivity contribution in [3.8, 4) is 0 Å². The van der Waals surface area contributed by atoms with Crippen LogP contribution in [-0.4, -0.2) is 48.6 Å². The maximum atomic E-state index is 12.0. The summed E-state index contributed by atoms with van der Waals surface area (Å²) in [7, 11) is 2.47. The first kappa shape index (κ1) is 13.9. The molecule has 1 aliphatic rings. The summed E-state index contributed by atoms with van der Waals surface area (Å²) < 4.78 is 9.22. The Morgan fingerprint density at radius 3 is 2.60 bits per heavy atom. The third-order valence-corrected chi connectivity index (χ3v) is 2.97. The van der Waals surface area contributed by atoms with Crippen LogP contribution in [0.1, 0.15) is 16.9 Å². The lowest BCUT2D eigenvalue weighted by Gasteiger charge is -2.16. The van der Waals surface area contributed by atoms with Gasteiger partial charge in [-0.05, 0) is 0 Å². The van der Waals surface area contributed by atoms with Crippen LogP contribution in [0.15, 0.2) is 12.4 Å². The van der Waals surface area contributed by atoms with Crippen molar-refractivity contribution in [1.29, 1.82) is 0 Å². The summed E-state index contributed by atoms with van der Waals surface area (Å²) in [5.74, 6) is -1.95. The molecular weight excluding hydrogens is 266 g/mol. The smallest absolute Gasteiger partial charge is 0.360 e. The summed E-state index contributed by atoms with van der Waals surface area (Å²) in [4.78, 5) is 44.2. The van der Waals surface area contributed by atoms with E-state index in [9.17, 15) is 14.4 Å². The Morgan fingerprint density at radius 1 is 1.25 bits per heavy atom. The molecule has 1 saturated heterocycles. The number of aromatic nitrogens is 2. The molecule has 2 rings (SSSR count). The van der Waals surface area contributed by atoms with Gasteiger partial charge in [0.15, 0.2) is 11.5 Å². The zero-order valence-corrected chi connectivity index (χ0v) is 11.0. The highest BCUT2D eigenvalue weighted by molar-refractivity contribution is 6.03. The summed E-state index contributed by atoms with van der Waals surface area (Å²) in [6, 6.07) is 0. The fourth-order valence-corrected chi connectivity index (χ4v) is 2.01. The molecule has 1 fully saturated rings. The number of rotatable bonds is 3. The van der Waals surface area contributed by atoms with Crippen molar-refractivity contribution >= 4 is 23.7 Å². The fourth-order valence-electron chi connectivity index (χ4n) is 2.01. The van der Waals surface area contributed by atoms with E-state index in [1.165, 1.54) is 31.5 Å². The highest BCUT2D eigenvalue weighted by atomic mass is 16.5. The molecule has 8 nitrogen and oxygen atoms in total. The number of amides is 1. The monoisotopic (exact) mass is 279 g/mol. The van der Waals surface area contributed by atoms with Crippen LogP contribution in [0.25, 0.3) is 0 Å². The van der Waals surface area contributed by atoms with Crippen molar-refractivity contribution in [1.82, 2.24) is 9.97 Å². The van der Waals surface area contributed by atoms with Gasteiger partial charge >= 0.3 is 11.9 Å². The van der Waals surface area contributed by atoms with E-state index in [0.717, 1.165) is 0 Å². The van der Waals surface area contributed by atoms with Crippen LogP contribution in [0.5, 0.6) is 0 Å². The van der Waals surface area contributed by atoms with E-state index in [1.807, 2.05) is 0 Å². The first-order valence-corrected chi connectivity index (χ1v) is 5.86. The lowest BCUT2D eigenvalue weighted by Crippen LogP contribution is -2.29. The molecule has 0 radical (unpaired) electrons. The van der Waals surface area contributed by atoms with Crippen LogP contribution in [-0.2, 0) is 19.1 Å². The predicted molar refractivity (Wildman–Crippen MR) is 65.8 cm³/mol. The average molecular weight is 279 g/mol. The molecule has 1 atom stereocenters. The zero-order chi connectivity index (χ0) is 14.7. The third-order valence-electron chi connectivity index (χ3n) is 2.97. The molecule has 0 spiro atoms. The van der Waals surface area contributed by atoms with Crippen molar-refractivity contribution in [2.45, 2.75) is 6.42 Å². The molecule has 1 aromatic rings. The van der Waals surface area contributed by atoms with Gasteiger partial charge in [-0.15, -0.1) is 0 Å². The number of hydrogen-bond acceptors (Lipinski definition) is 7. The van der Waals surface area contributed by atoms with Crippen LogP contribution in [0, 0.1) is 5.92 Å². The minimum atomic E-state index is -0.692. The maximum absolute atomic E-state index is 12.0. The van der Waals surface area contributed by atoms with Crippen LogP contribution in [0.4, 0.5) is 5.82 Å². The number of carbonyl (C=O) groups excluding carboxylic acids is 3. The average Bonchev–Trinajstić information content (AvgIpc) is 2.87. The van der Waals surface area contributed by atoms with Gasteiger partial charge in [0.05, 0.1) is 20.1 Å². The predicted octanol–water partition coefficient (Wildman–Crippen LogP) is -0.211. The molecule has 1 aromatic heterocycles. The van der Waals surface area contributed by atoms with E-state index < -0.39 is 17.9 Å². The second-order valence-corrected chi connectivity index (χ2v) is 4.15. The zero-order valence-electron chi connectivity index (χ0n) is 11.0. The molecule has 1 unspecified atom stereocenters. The quantitative estimate of drug-likeness (QED) is 0.706. The molecule has 0 aromatic carbocycles. The SMILES string of the molecule is COC(=O)c1nccnc1N1CC(C(=O)OC)CC1=O. The number of nitrogens with zero attached hydrogens (tertiary/aromatic N) is 3. The van der Waals surface area contributed by atoms with Gasteiger partial charge in [-0.2, -0.15) is 0 Å². The number of hydrogen-bond donors (Lipinski definition) is 0. The second-order valence-electron chi connectivity index (χ2n) is 4.15. The van der Waals surface area contributed by atoms with Gasteiger partial charge in [-0.25, -0.2) is 14.8 Å². The van der Waals surface area contributed by atoms with E-state index in [4.69, 9.17) is 0 Å². The van der Waals surface area contributed by atoms with E-state index in [1.54, 1.807) is 0 Å². The standard InChI is InChI=1S/C12H13N3O5/c1-19-11(17)7-5-8(16)15(6-7)10-9(12(18)20-2)13-3-4-14-10/h3-4,7H,5-6H2,1-2H3. The summed E-state index contributed by atoms with van der Waals surface area (Å²) in [5.41, 5.74) is -0.0612. The summed E-state index contributed by atoms with van der Waals surface area (Å²) in [5, 5.41) is 0. The summed E-state index contributed by atoms with van der Waals surface area (Å²) >= 11 is 0. The number of ether oxygens (including phenoxy) is 2. The molecule has 2 heterocycles. The molecular formula is C12H13N3O5. The number of methoxy groups -OCH3 is 2. The fraction of sp³-hybridized carbons (Fsp3) is 0.417. The Kier molecular flexibility index (Phi) is 3.92. The molecule has 20 heavy (non-hydrogen) atoms. The Balaban J connectivity index is 2.31. The molecule has 1 aliphatic heterocycles. The van der Waals surface area contributed by atoms with Gasteiger partial charge in [0.25, 0.3) is 0 Å². The second kappa shape index (κ2) is 5.64. The first-order valence-electron chi connectivity index (χ1n) is 5.86. The number of anilines is 1. The Hall–Kier alpha value is -2.51. The van der Waals surface area contributed by atoms with Crippen LogP contribution in [0.3, 0.4) is 0 Å². The van der Waals surface area contributed by atoms with E-state index in [2.05, 4.69) is 19.4 Å². The van der Waals surface area contributed by atoms with Gasteiger partial charge in [0.2, 0.25) is 5.91 Å². The third kappa shape index (κ3) is 2.44. The lowest BCUT2D eigenvalue weighted by molar-refractivity contribution is -0.145. The van der Waals surface area contributed by atoms with E-state index in [-0.39, 0.29) is 30.4 Å². The van der Waals surface area contributed by atoms with Crippen LogP contribution >= 0.6 is 0 Å². The molecule has 8 heteroatoms. The minimum absolute atomic E-state index is 0.0177. The summed E-state index contributed by atoms with van der Waals surface area (Å²) in [6.45, 7) is 0.105. The molecule has 1 amide bonds. The van der Waals surface area contributed by atoms with Gasteiger partial charge in [0, 0.05) is 25.4 Å².